The number of hydrogen-bond acceptors (Lipinski definition) is 2. The van der Waals surface area contributed by atoms with Gasteiger partial charge in [0.15, 0.2) is 0 Å². The van der Waals surface area contributed by atoms with Gasteiger partial charge in [-0.05, 0) is 30.9 Å². The second-order valence-corrected chi connectivity index (χ2v) is 5.05. The molecular weight excluding hydrogens is 226 g/mol. The predicted molar refractivity (Wildman–Crippen MR) is 71.7 cm³/mol. The summed E-state index contributed by atoms with van der Waals surface area (Å²) in [5.74, 6) is -0.126. The van der Waals surface area contributed by atoms with Gasteiger partial charge < -0.3 is 5.11 Å². The molecule has 18 heavy (non-hydrogen) atoms. The minimum absolute atomic E-state index is 0.191. The minimum atomic E-state index is -0.690. The predicted octanol–water partition coefficient (Wildman–Crippen LogP) is 2.73. The summed E-state index contributed by atoms with van der Waals surface area (Å²) < 4.78 is 0. The lowest BCUT2D eigenvalue weighted by Crippen LogP contribution is -2.34. The largest absolute Gasteiger partial charge is 0.481 e. The van der Waals surface area contributed by atoms with Crippen molar-refractivity contribution in [2.45, 2.75) is 38.1 Å². The number of nitrogens with zero attached hydrogens (tertiary/aromatic N) is 1. The van der Waals surface area contributed by atoms with E-state index in [1.807, 2.05) is 6.07 Å². The molecule has 1 aliphatic heterocycles. The highest BCUT2D eigenvalue weighted by atomic mass is 16.4. The molecule has 1 aliphatic rings. The maximum absolute atomic E-state index is 10.9. The third-order valence-corrected chi connectivity index (χ3v) is 3.89. The smallest absolute Gasteiger partial charge is 0.304 e. The normalized spacial score (nSPS) is 21.9. The van der Waals surface area contributed by atoms with E-state index in [9.17, 15) is 4.79 Å². The topological polar surface area (TPSA) is 40.5 Å². The van der Waals surface area contributed by atoms with Gasteiger partial charge in [0.25, 0.3) is 0 Å². The molecule has 1 heterocycles. The monoisotopic (exact) mass is 247 g/mol. The van der Waals surface area contributed by atoms with Gasteiger partial charge in [0.05, 0.1) is 6.42 Å². The Morgan fingerprint density at radius 1 is 1.44 bits per heavy atom. The van der Waals surface area contributed by atoms with Crippen LogP contribution in [0.4, 0.5) is 0 Å². The number of benzene rings is 1. The fourth-order valence-electron chi connectivity index (χ4n) is 2.85. The standard InChI is InChI=1S/C15H21NO2/c1-2-14(10-15(17)18)16-9-8-13(11-16)12-6-4-3-5-7-12/h3-7,13-14H,2,8-11H2,1H3,(H,17,18). The van der Waals surface area contributed by atoms with Gasteiger partial charge in [-0.25, -0.2) is 0 Å². The van der Waals surface area contributed by atoms with E-state index in [4.69, 9.17) is 5.11 Å². The minimum Gasteiger partial charge on any atom is -0.481 e. The van der Waals surface area contributed by atoms with Crippen molar-refractivity contribution in [1.29, 1.82) is 0 Å². The number of hydrogen-bond donors (Lipinski definition) is 1. The summed E-state index contributed by atoms with van der Waals surface area (Å²) in [6.07, 6.45) is 2.31. The molecule has 0 spiro atoms. The molecule has 1 saturated heterocycles. The molecule has 0 bridgehead atoms. The van der Waals surface area contributed by atoms with Gasteiger partial charge >= 0.3 is 5.97 Å². The average Bonchev–Trinajstić information content (AvgIpc) is 2.86. The molecule has 0 aliphatic carbocycles. The summed E-state index contributed by atoms with van der Waals surface area (Å²) in [7, 11) is 0. The molecule has 2 atom stereocenters. The summed E-state index contributed by atoms with van der Waals surface area (Å²) >= 11 is 0. The highest BCUT2D eigenvalue weighted by Gasteiger charge is 2.29. The summed E-state index contributed by atoms with van der Waals surface area (Å²) in [4.78, 5) is 13.2. The van der Waals surface area contributed by atoms with Gasteiger partial charge in [-0.2, -0.15) is 0 Å². The Hall–Kier alpha value is -1.35. The number of carboxylic acids is 1. The molecule has 0 aromatic heterocycles. The van der Waals surface area contributed by atoms with E-state index in [0.717, 1.165) is 25.9 Å². The van der Waals surface area contributed by atoms with Crippen LogP contribution in [0, 0.1) is 0 Å². The van der Waals surface area contributed by atoms with Gasteiger partial charge in [-0.3, -0.25) is 9.69 Å². The molecule has 0 radical (unpaired) electrons. The van der Waals surface area contributed by atoms with Crippen molar-refractivity contribution in [2.24, 2.45) is 0 Å². The van der Waals surface area contributed by atoms with E-state index in [-0.39, 0.29) is 12.5 Å². The lowest BCUT2D eigenvalue weighted by atomic mass is 9.99. The van der Waals surface area contributed by atoms with Gasteiger partial charge in [-0.15, -0.1) is 0 Å². The number of carbonyl (C=O) groups is 1. The van der Waals surface area contributed by atoms with Crippen LogP contribution < -0.4 is 0 Å². The van der Waals surface area contributed by atoms with E-state index in [0.29, 0.717) is 5.92 Å². The van der Waals surface area contributed by atoms with E-state index >= 15 is 0 Å². The first-order chi connectivity index (χ1) is 8.70. The van der Waals surface area contributed by atoms with Gasteiger partial charge in [-0.1, -0.05) is 37.3 Å². The molecule has 1 N–H and O–H groups in total. The van der Waals surface area contributed by atoms with Gasteiger partial charge in [0.2, 0.25) is 0 Å². The fourth-order valence-corrected chi connectivity index (χ4v) is 2.85. The maximum Gasteiger partial charge on any atom is 0.304 e. The quantitative estimate of drug-likeness (QED) is 0.869. The molecule has 3 nitrogen and oxygen atoms in total. The molecule has 0 saturated carbocycles. The van der Waals surface area contributed by atoms with E-state index in [2.05, 4.69) is 36.1 Å². The van der Waals surface area contributed by atoms with Crippen molar-refractivity contribution >= 4 is 5.97 Å². The van der Waals surface area contributed by atoms with Gasteiger partial charge in [0, 0.05) is 12.6 Å². The Kier molecular flexibility index (Phi) is 4.37. The molecule has 1 aromatic carbocycles. The van der Waals surface area contributed by atoms with E-state index in [1.165, 1.54) is 5.56 Å². The highest BCUT2D eigenvalue weighted by molar-refractivity contribution is 5.67. The van der Waals surface area contributed by atoms with Crippen molar-refractivity contribution in [1.82, 2.24) is 4.90 Å². The van der Waals surface area contributed by atoms with Crippen molar-refractivity contribution in [3.05, 3.63) is 35.9 Å². The number of carboxylic acid groups (broad SMARTS) is 1. The number of aliphatic carboxylic acids is 1. The van der Waals surface area contributed by atoms with E-state index in [1.54, 1.807) is 0 Å². The van der Waals surface area contributed by atoms with Crippen LogP contribution in [0.1, 0.15) is 37.7 Å². The summed E-state index contributed by atoms with van der Waals surface area (Å²) in [6.45, 7) is 4.09. The van der Waals surface area contributed by atoms with E-state index < -0.39 is 5.97 Å². The maximum atomic E-state index is 10.9. The highest BCUT2D eigenvalue weighted by Crippen LogP contribution is 2.29. The number of rotatable bonds is 5. The lowest BCUT2D eigenvalue weighted by molar-refractivity contribution is -0.138. The Morgan fingerprint density at radius 2 is 2.17 bits per heavy atom. The first-order valence-electron chi connectivity index (χ1n) is 6.71. The lowest BCUT2D eigenvalue weighted by Gasteiger charge is -2.25. The van der Waals surface area contributed by atoms with Crippen molar-refractivity contribution in [3.63, 3.8) is 0 Å². The molecule has 3 heteroatoms. The molecule has 98 valence electrons. The van der Waals surface area contributed by atoms with Crippen LogP contribution in [0.3, 0.4) is 0 Å². The van der Waals surface area contributed by atoms with Gasteiger partial charge in [0.1, 0.15) is 0 Å². The van der Waals surface area contributed by atoms with Crippen molar-refractivity contribution in [2.75, 3.05) is 13.1 Å². The summed E-state index contributed by atoms with van der Waals surface area (Å²) in [5.41, 5.74) is 1.38. The van der Waals surface area contributed by atoms with Crippen molar-refractivity contribution in [3.8, 4) is 0 Å². The zero-order valence-corrected chi connectivity index (χ0v) is 10.9. The Labute approximate surface area is 108 Å². The summed E-state index contributed by atoms with van der Waals surface area (Å²) in [5, 5.41) is 8.93. The molecule has 2 unspecified atom stereocenters. The number of likely N-dealkylation sites (tertiary alicyclic amines) is 1. The Morgan fingerprint density at radius 3 is 2.78 bits per heavy atom. The molecule has 1 fully saturated rings. The van der Waals surface area contributed by atoms with Crippen LogP contribution in [0.15, 0.2) is 30.3 Å². The molecule has 2 rings (SSSR count). The molecule has 0 amide bonds. The first-order valence-corrected chi connectivity index (χ1v) is 6.71. The van der Waals surface area contributed by atoms with Crippen molar-refractivity contribution < 1.29 is 9.90 Å². The third kappa shape index (κ3) is 3.10. The SMILES string of the molecule is CCC(CC(=O)O)N1CCC(c2ccccc2)C1. The summed E-state index contributed by atoms with van der Waals surface area (Å²) in [6, 6.07) is 10.7. The third-order valence-electron chi connectivity index (χ3n) is 3.89. The van der Waals surface area contributed by atoms with Crippen LogP contribution in [0.2, 0.25) is 0 Å². The second-order valence-electron chi connectivity index (χ2n) is 5.05. The molecule has 1 aromatic rings. The Balaban J connectivity index is 1.97. The van der Waals surface area contributed by atoms with Crippen LogP contribution in [-0.2, 0) is 4.79 Å². The molecular formula is C15H21NO2. The zero-order chi connectivity index (χ0) is 13.0. The van der Waals surface area contributed by atoms with Crippen LogP contribution >= 0.6 is 0 Å². The van der Waals surface area contributed by atoms with Crippen LogP contribution in [-0.4, -0.2) is 35.1 Å². The average molecular weight is 247 g/mol. The fraction of sp³-hybridized carbons (Fsp3) is 0.533. The first kappa shape index (κ1) is 13.1. The zero-order valence-electron chi connectivity index (χ0n) is 10.9. The van der Waals surface area contributed by atoms with Crippen LogP contribution in [0.25, 0.3) is 0 Å². The van der Waals surface area contributed by atoms with Crippen LogP contribution in [0.5, 0.6) is 0 Å². The Bertz CT molecular complexity index is 391. The second kappa shape index (κ2) is 6.01.